The Kier molecular flexibility index (Phi) is 9.76. The van der Waals surface area contributed by atoms with Gasteiger partial charge in [0.25, 0.3) is 0 Å². The van der Waals surface area contributed by atoms with Crippen molar-refractivity contribution < 1.29 is 21.6 Å². The Morgan fingerprint density at radius 3 is 2.03 bits per heavy atom. The second kappa shape index (κ2) is 11.8. The molecule has 9 heteroatoms. The van der Waals surface area contributed by atoms with Crippen LogP contribution in [-0.4, -0.2) is 44.1 Å². The molecule has 0 radical (unpaired) electrons. The van der Waals surface area contributed by atoms with Crippen LogP contribution in [0.1, 0.15) is 80.4 Å². The van der Waals surface area contributed by atoms with Gasteiger partial charge >= 0.3 is 0 Å². The highest BCUT2D eigenvalue weighted by molar-refractivity contribution is 7.91. The normalized spacial score (nSPS) is 19.3. The lowest BCUT2D eigenvalue weighted by molar-refractivity contribution is 0.0989. The maximum atomic E-state index is 12.8. The Labute approximate surface area is 192 Å². The standard InChI is InChI=1S/C23H34N2O5S2/c1-4-6-13-31(27,28)16-20-21(17-32(29,30)14-7-5-2)25-23-19(24-20)15-18(3)11-9-8-10-12-22(23)26/h8-11,18H,4-7,12-17H2,1-3H3/b10-8-,11-9-. The minimum absolute atomic E-state index is 0.00710. The molecule has 0 aliphatic heterocycles. The summed E-state index contributed by atoms with van der Waals surface area (Å²) in [5, 5.41) is 0. The zero-order valence-corrected chi connectivity index (χ0v) is 20.8. The van der Waals surface area contributed by atoms with Crippen molar-refractivity contribution in [2.45, 2.75) is 70.8 Å². The SMILES string of the molecule is CCCCS(=O)(=O)Cc1nc2c(nc1CS(=O)(=O)CCCC)C(=O)C/C=C\C=C/C(C)C2. The van der Waals surface area contributed by atoms with Crippen molar-refractivity contribution in [1.29, 1.82) is 0 Å². The van der Waals surface area contributed by atoms with E-state index in [0.29, 0.717) is 25.0 Å². The van der Waals surface area contributed by atoms with E-state index in [-0.39, 0.29) is 52.5 Å². The second-order valence-corrected chi connectivity index (χ2v) is 12.8. The van der Waals surface area contributed by atoms with Crippen LogP contribution >= 0.6 is 0 Å². The van der Waals surface area contributed by atoms with Gasteiger partial charge < -0.3 is 0 Å². The highest BCUT2D eigenvalue weighted by Gasteiger charge is 2.25. The third-order valence-electron chi connectivity index (χ3n) is 5.22. The minimum atomic E-state index is -3.51. The van der Waals surface area contributed by atoms with Gasteiger partial charge in [-0.1, -0.05) is 57.9 Å². The van der Waals surface area contributed by atoms with Gasteiger partial charge in [0.05, 0.1) is 40.1 Å². The first-order chi connectivity index (χ1) is 15.1. The second-order valence-electron chi connectivity index (χ2n) is 8.43. The average molecular weight is 483 g/mol. The van der Waals surface area contributed by atoms with Crippen molar-refractivity contribution in [2.24, 2.45) is 5.92 Å². The zero-order valence-electron chi connectivity index (χ0n) is 19.2. The van der Waals surface area contributed by atoms with Crippen LogP contribution in [0, 0.1) is 5.92 Å². The monoisotopic (exact) mass is 482 g/mol. The summed E-state index contributed by atoms with van der Waals surface area (Å²) < 4.78 is 50.6. The number of carbonyl (C=O) groups excluding carboxylic acids is 1. The van der Waals surface area contributed by atoms with Crippen LogP contribution in [0.4, 0.5) is 0 Å². The fraction of sp³-hybridized carbons (Fsp3) is 0.609. The molecule has 1 atom stereocenters. The van der Waals surface area contributed by atoms with E-state index < -0.39 is 25.4 Å². The van der Waals surface area contributed by atoms with Crippen molar-refractivity contribution in [2.75, 3.05) is 11.5 Å². The molecule has 178 valence electrons. The van der Waals surface area contributed by atoms with E-state index in [1.54, 1.807) is 12.2 Å². The Morgan fingerprint density at radius 1 is 0.906 bits per heavy atom. The predicted molar refractivity (Wildman–Crippen MR) is 127 cm³/mol. The van der Waals surface area contributed by atoms with E-state index >= 15 is 0 Å². The molecular formula is C23H34N2O5S2. The summed E-state index contributed by atoms with van der Waals surface area (Å²) in [4.78, 5) is 21.8. The van der Waals surface area contributed by atoms with Gasteiger partial charge in [0.1, 0.15) is 5.69 Å². The van der Waals surface area contributed by atoms with E-state index in [0.717, 1.165) is 12.8 Å². The van der Waals surface area contributed by atoms with Gasteiger partial charge in [0, 0.05) is 6.42 Å². The molecule has 1 heterocycles. The average Bonchev–Trinajstić information content (AvgIpc) is 2.71. The first-order valence-corrected chi connectivity index (χ1v) is 14.9. The molecule has 0 saturated carbocycles. The van der Waals surface area contributed by atoms with E-state index in [1.165, 1.54) is 0 Å². The molecule has 32 heavy (non-hydrogen) atoms. The van der Waals surface area contributed by atoms with Gasteiger partial charge in [0.15, 0.2) is 25.5 Å². The molecule has 0 N–H and O–H groups in total. The number of fused-ring (bicyclic) bond motifs is 1. The number of unbranched alkanes of at least 4 members (excludes halogenated alkanes) is 2. The number of hydrogen-bond donors (Lipinski definition) is 0. The molecule has 1 unspecified atom stereocenters. The van der Waals surface area contributed by atoms with Crippen molar-refractivity contribution in [3.05, 3.63) is 47.1 Å². The molecule has 0 bridgehead atoms. The third-order valence-corrected chi connectivity index (χ3v) is 8.47. The van der Waals surface area contributed by atoms with Crippen molar-refractivity contribution >= 4 is 25.5 Å². The third kappa shape index (κ3) is 8.24. The number of aromatic nitrogens is 2. The van der Waals surface area contributed by atoms with Crippen LogP contribution in [0.3, 0.4) is 0 Å². The summed E-state index contributed by atoms with van der Waals surface area (Å²) in [5.41, 5.74) is 0.805. The number of Topliss-reactive ketones (excluding diaryl/α,β-unsaturated/α-hetero) is 1. The van der Waals surface area contributed by atoms with Crippen LogP contribution in [0.15, 0.2) is 24.3 Å². The van der Waals surface area contributed by atoms with Crippen LogP contribution in [0.5, 0.6) is 0 Å². The lowest BCUT2D eigenvalue weighted by Gasteiger charge is -2.16. The first kappa shape index (κ1) is 26.4. The quantitative estimate of drug-likeness (QED) is 0.499. The van der Waals surface area contributed by atoms with E-state index in [2.05, 4.69) is 9.97 Å². The molecular weight excluding hydrogens is 448 g/mol. The smallest absolute Gasteiger partial charge is 0.186 e. The summed E-state index contributed by atoms with van der Waals surface area (Å²) in [5.74, 6) is -0.980. The van der Waals surface area contributed by atoms with Crippen LogP contribution in [0.2, 0.25) is 0 Å². The number of nitrogens with zero attached hydrogens (tertiary/aromatic N) is 2. The van der Waals surface area contributed by atoms with Gasteiger partial charge in [-0.2, -0.15) is 0 Å². The van der Waals surface area contributed by atoms with Gasteiger partial charge in [0.2, 0.25) is 0 Å². The van der Waals surface area contributed by atoms with Gasteiger partial charge in [-0.05, 0) is 25.2 Å². The van der Waals surface area contributed by atoms with Crippen LogP contribution in [-0.2, 0) is 37.6 Å². The number of allylic oxidation sites excluding steroid dienone is 4. The van der Waals surface area contributed by atoms with E-state index in [9.17, 15) is 21.6 Å². The molecule has 0 fully saturated rings. The molecule has 2 rings (SSSR count). The van der Waals surface area contributed by atoms with E-state index in [1.807, 2.05) is 32.9 Å². The van der Waals surface area contributed by atoms with Crippen molar-refractivity contribution in [3.8, 4) is 0 Å². The molecule has 0 aromatic carbocycles. The molecule has 1 aliphatic carbocycles. The number of sulfone groups is 2. The van der Waals surface area contributed by atoms with E-state index in [4.69, 9.17) is 0 Å². The Balaban J connectivity index is 2.57. The fourth-order valence-corrected chi connectivity index (χ4v) is 6.45. The topological polar surface area (TPSA) is 111 Å². The highest BCUT2D eigenvalue weighted by Crippen LogP contribution is 2.21. The lowest BCUT2D eigenvalue weighted by atomic mass is 9.99. The van der Waals surface area contributed by atoms with Gasteiger partial charge in [-0.15, -0.1) is 0 Å². The van der Waals surface area contributed by atoms with Crippen molar-refractivity contribution in [1.82, 2.24) is 9.97 Å². The maximum absolute atomic E-state index is 12.8. The van der Waals surface area contributed by atoms with Crippen LogP contribution < -0.4 is 0 Å². The molecule has 1 aromatic heterocycles. The molecule has 1 aromatic rings. The molecule has 0 saturated heterocycles. The first-order valence-electron chi connectivity index (χ1n) is 11.2. The van der Waals surface area contributed by atoms with Crippen molar-refractivity contribution in [3.63, 3.8) is 0 Å². The molecule has 0 amide bonds. The Hall–Kier alpha value is -1.87. The number of ketones is 1. The Bertz CT molecular complexity index is 1070. The largest absolute Gasteiger partial charge is 0.292 e. The maximum Gasteiger partial charge on any atom is 0.186 e. The lowest BCUT2D eigenvalue weighted by Crippen LogP contribution is -2.21. The van der Waals surface area contributed by atoms with Crippen LogP contribution in [0.25, 0.3) is 0 Å². The molecule has 0 spiro atoms. The molecule has 1 aliphatic rings. The Morgan fingerprint density at radius 2 is 1.47 bits per heavy atom. The zero-order chi connectivity index (χ0) is 23.8. The number of rotatable bonds is 10. The highest BCUT2D eigenvalue weighted by atomic mass is 32.2. The summed E-state index contributed by atoms with van der Waals surface area (Å²) in [6.07, 6.45) is 10.4. The molecule has 7 nitrogen and oxygen atoms in total. The predicted octanol–water partition coefficient (Wildman–Crippen LogP) is 3.78. The summed E-state index contributed by atoms with van der Waals surface area (Å²) in [7, 11) is -6.99. The van der Waals surface area contributed by atoms with Gasteiger partial charge in [-0.25, -0.2) is 21.8 Å². The summed E-state index contributed by atoms with van der Waals surface area (Å²) in [6, 6.07) is 0. The minimum Gasteiger partial charge on any atom is -0.292 e. The van der Waals surface area contributed by atoms with Gasteiger partial charge in [-0.3, -0.25) is 9.78 Å². The summed E-state index contributed by atoms with van der Waals surface area (Å²) >= 11 is 0. The fourth-order valence-electron chi connectivity index (χ4n) is 3.41. The number of carbonyl (C=O) groups is 1. The number of hydrogen-bond acceptors (Lipinski definition) is 7. The summed E-state index contributed by atoms with van der Waals surface area (Å²) in [6.45, 7) is 5.79.